The molecule has 9 heteroatoms. The lowest BCUT2D eigenvalue weighted by Crippen LogP contribution is -2.07. The number of nitrogens with two attached hydrogens (primary N) is 1. The van der Waals surface area contributed by atoms with Gasteiger partial charge in [0.15, 0.2) is 0 Å². The van der Waals surface area contributed by atoms with Crippen molar-refractivity contribution in [1.29, 1.82) is 0 Å². The minimum Gasteiger partial charge on any atom is -0.378 e. The molecule has 0 saturated heterocycles. The van der Waals surface area contributed by atoms with E-state index >= 15 is 0 Å². The second-order valence-corrected chi connectivity index (χ2v) is 3.60. The summed E-state index contributed by atoms with van der Waals surface area (Å²) in [6, 6.07) is 0. The Kier molecular flexibility index (Phi) is 2.64. The van der Waals surface area contributed by atoms with Gasteiger partial charge < -0.3 is 5.73 Å². The summed E-state index contributed by atoms with van der Waals surface area (Å²) in [5.41, 5.74) is 5.58. The quantitative estimate of drug-likeness (QED) is 0.634. The SMILES string of the molecule is Cc1nn(-c2ncnc(N)c2[N+](=O)[O-])cc1Cl. The van der Waals surface area contributed by atoms with E-state index in [4.69, 9.17) is 17.3 Å². The number of hydrogen-bond donors (Lipinski definition) is 1. The molecule has 8 nitrogen and oxygen atoms in total. The normalized spacial score (nSPS) is 10.5. The first-order valence-electron chi connectivity index (χ1n) is 4.47. The molecular weight excluding hydrogens is 248 g/mol. The van der Waals surface area contributed by atoms with Crippen molar-refractivity contribution in [3.8, 4) is 5.82 Å². The first-order valence-corrected chi connectivity index (χ1v) is 4.85. The molecule has 0 fully saturated rings. The molecule has 0 aromatic carbocycles. The number of nitrogen functional groups attached to an aromatic ring is 1. The second kappa shape index (κ2) is 3.98. The number of aromatic nitrogens is 4. The van der Waals surface area contributed by atoms with Crippen LogP contribution in [0.4, 0.5) is 11.5 Å². The summed E-state index contributed by atoms with van der Waals surface area (Å²) in [4.78, 5) is 17.6. The summed E-state index contributed by atoms with van der Waals surface area (Å²) in [6.45, 7) is 1.68. The van der Waals surface area contributed by atoms with Crippen molar-refractivity contribution >= 4 is 23.1 Å². The van der Waals surface area contributed by atoms with Crippen molar-refractivity contribution < 1.29 is 4.92 Å². The van der Waals surface area contributed by atoms with E-state index in [2.05, 4.69) is 15.1 Å². The number of aryl methyl sites for hydroxylation is 1. The van der Waals surface area contributed by atoms with Crippen LogP contribution in [0, 0.1) is 17.0 Å². The lowest BCUT2D eigenvalue weighted by atomic mass is 10.4. The molecule has 2 aromatic rings. The lowest BCUT2D eigenvalue weighted by molar-refractivity contribution is -0.384. The fourth-order valence-electron chi connectivity index (χ4n) is 1.27. The van der Waals surface area contributed by atoms with Gasteiger partial charge in [-0.25, -0.2) is 14.6 Å². The maximum atomic E-state index is 10.9. The molecule has 0 aliphatic rings. The Morgan fingerprint density at radius 1 is 1.53 bits per heavy atom. The van der Waals surface area contributed by atoms with Crippen molar-refractivity contribution in [3.05, 3.63) is 33.4 Å². The van der Waals surface area contributed by atoms with Crippen LogP contribution in [0.15, 0.2) is 12.5 Å². The van der Waals surface area contributed by atoms with Crippen LogP contribution in [-0.4, -0.2) is 24.7 Å². The molecule has 0 spiro atoms. The predicted molar refractivity (Wildman–Crippen MR) is 60.0 cm³/mol. The zero-order valence-corrected chi connectivity index (χ0v) is 9.42. The first kappa shape index (κ1) is 11.3. The number of rotatable bonds is 2. The van der Waals surface area contributed by atoms with Crippen molar-refractivity contribution in [1.82, 2.24) is 19.7 Å². The number of halogens is 1. The van der Waals surface area contributed by atoms with Crippen LogP contribution in [0.5, 0.6) is 0 Å². The van der Waals surface area contributed by atoms with E-state index < -0.39 is 10.6 Å². The Bertz CT molecular complexity index is 576. The highest BCUT2D eigenvalue weighted by molar-refractivity contribution is 6.31. The highest BCUT2D eigenvalue weighted by atomic mass is 35.5. The topological polar surface area (TPSA) is 113 Å². The third-order valence-corrected chi connectivity index (χ3v) is 2.44. The number of hydrogen-bond acceptors (Lipinski definition) is 6. The molecule has 0 atom stereocenters. The van der Waals surface area contributed by atoms with Crippen molar-refractivity contribution in [2.45, 2.75) is 6.92 Å². The summed E-state index contributed by atoms with van der Waals surface area (Å²) in [5.74, 6) is -0.234. The molecule has 2 heterocycles. The molecule has 0 bridgehead atoms. The first-order chi connectivity index (χ1) is 8.00. The Hall–Kier alpha value is -2.22. The van der Waals surface area contributed by atoms with Gasteiger partial charge in [0.2, 0.25) is 11.6 Å². The van der Waals surface area contributed by atoms with Gasteiger partial charge in [0.05, 0.1) is 21.8 Å². The van der Waals surface area contributed by atoms with Crippen LogP contribution in [0.25, 0.3) is 5.82 Å². The summed E-state index contributed by atoms with van der Waals surface area (Å²) >= 11 is 5.82. The van der Waals surface area contributed by atoms with Crippen LogP contribution in [0.1, 0.15) is 5.69 Å². The fraction of sp³-hybridized carbons (Fsp3) is 0.125. The van der Waals surface area contributed by atoms with Gasteiger partial charge >= 0.3 is 5.69 Å². The number of nitrogens with zero attached hydrogens (tertiary/aromatic N) is 5. The number of nitro groups is 1. The van der Waals surface area contributed by atoms with Crippen molar-refractivity contribution in [2.24, 2.45) is 0 Å². The molecule has 0 amide bonds. The van der Waals surface area contributed by atoms with E-state index in [0.29, 0.717) is 10.7 Å². The lowest BCUT2D eigenvalue weighted by Gasteiger charge is -2.02. The highest BCUT2D eigenvalue weighted by Gasteiger charge is 2.23. The zero-order chi connectivity index (χ0) is 12.6. The largest absolute Gasteiger partial charge is 0.378 e. The summed E-state index contributed by atoms with van der Waals surface area (Å²) in [7, 11) is 0. The van der Waals surface area contributed by atoms with E-state index in [1.165, 1.54) is 10.9 Å². The van der Waals surface area contributed by atoms with E-state index in [0.717, 1.165) is 6.33 Å². The van der Waals surface area contributed by atoms with Gasteiger partial charge in [-0.15, -0.1) is 0 Å². The van der Waals surface area contributed by atoms with Crippen LogP contribution in [-0.2, 0) is 0 Å². The Balaban J connectivity index is 2.67. The molecule has 0 saturated carbocycles. The molecule has 0 unspecified atom stereocenters. The molecule has 2 N–H and O–H groups in total. The smallest absolute Gasteiger partial charge is 0.355 e. The second-order valence-electron chi connectivity index (χ2n) is 3.20. The maximum absolute atomic E-state index is 10.9. The van der Waals surface area contributed by atoms with E-state index in [-0.39, 0.29) is 11.6 Å². The van der Waals surface area contributed by atoms with Crippen LogP contribution in [0.2, 0.25) is 5.02 Å². The Labute approximate surface area is 100 Å². The van der Waals surface area contributed by atoms with Crippen molar-refractivity contribution in [2.75, 3.05) is 5.73 Å². The molecule has 0 aliphatic carbocycles. The van der Waals surface area contributed by atoms with E-state index in [1.54, 1.807) is 6.92 Å². The summed E-state index contributed by atoms with van der Waals surface area (Å²) < 4.78 is 1.20. The van der Waals surface area contributed by atoms with Gasteiger partial charge in [0.1, 0.15) is 6.33 Å². The van der Waals surface area contributed by atoms with Crippen molar-refractivity contribution in [3.63, 3.8) is 0 Å². The molecule has 0 radical (unpaired) electrons. The van der Waals surface area contributed by atoms with Gasteiger partial charge in [-0.05, 0) is 6.92 Å². The molecule has 88 valence electrons. The number of anilines is 1. The monoisotopic (exact) mass is 254 g/mol. The Morgan fingerprint density at radius 2 is 2.24 bits per heavy atom. The molecular formula is C8H7ClN6O2. The highest BCUT2D eigenvalue weighted by Crippen LogP contribution is 2.26. The molecule has 0 aliphatic heterocycles. The maximum Gasteiger partial charge on any atom is 0.355 e. The predicted octanol–water partition coefficient (Wildman–Crippen LogP) is 1.11. The van der Waals surface area contributed by atoms with E-state index in [1.807, 2.05) is 0 Å². The van der Waals surface area contributed by atoms with E-state index in [9.17, 15) is 10.1 Å². The fourth-order valence-corrected chi connectivity index (χ4v) is 1.40. The van der Waals surface area contributed by atoms with Gasteiger partial charge in [-0.1, -0.05) is 11.6 Å². The minimum atomic E-state index is -0.657. The van der Waals surface area contributed by atoms with Crippen LogP contribution in [0.3, 0.4) is 0 Å². The van der Waals surface area contributed by atoms with Crippen LogP contribution < -0.4 is 5.73 Å². The summed E-state index contributed by atoms with van der Waals surface area (Å²) in [5, 5.41) is 15.3. The van der Waals surface area contributed by atoms with Gasteiger partial charge in [-0.3, -0.25) is 10.1 Å². The summed E-state index contributed by atoms with van der Waals surface area (Å²) in [6.07, 6.45) is 2.55. The Morgan fingerprint density at radius 3 is 2.76 bits per heavy atom. The molecule has 2 aromatic heterocycles. The van der Waals surface area contributed by atoms with Crippen LogP contribution >= 0.6 is 11.6 Å². The van der Waals surface area contributed by atoms with Gasteiger partial charge in [0, 0.05) is 0 Å². The van der Waals surface area contributed by atoms with Gasteiger partial charge in [-0.2, -0.15) is 5.10 Å². The van der Waals surface area contributed by atoms with Gasteiger partial charge in [0.25, 0.3) is 0 Å². The average Bonchev–Trinajstić information content (AvgIpc) is 2.58. The molecule has 2 rings (SSSR count). The zero-order valence-electron chi connectivity index (χ0n) is 8.66. The standard InChI is InChI=1S/C8H7ClN6O2/c1-4-5(9)2-14(13-4)8-6(15(16)17)7(10)11-3-12-8/h2-3H,1H3,(H2,10,11,12). The molecule has 17 heavy (non-hydrogen) atoms. The average molecular weight is 255 g/mol. The third-order valence-electron chi connectivity index (χ3n) is 2.07. The third kappa shape index (κ3) is 1.89. The minimum absolute atomic E-state index is 0.0162.